The van der Waals surface area contributed by atoms with Crippen molar-refractivity contribution in [3.05, 3.63) is 106 Å². The number of benzene rings is 3. The summed E-state index contributed by atoms with van der Waals surface area (Å²) in [6.07, 6.45) is 1.86. The van der Waals surface area contributed by atoms with E-state index in [2.05, 4.69) is 77.4 Å². The van der Waals surface area contributed by atoms with Gasteiger partial charge in [-0.25, -0.2) is 4.98 Å². The van der Waals surface area contributed by atoms with Crippen molar-refractivity contribution in [2.45, 2.75) is 24.4 Å². The fraction of sp³-hybridized carbons (Fsp3) is 0.300. The van der Waals surface area contributed by atoms with Crippen molar-refractivity contribution in [3.63, 3.8) is 0 Å². The summed E-state index contributed by atoms with van der Waals surface area (Å²) in [6.45, 7) is 0.781. The van der Waals surface area contributed by atoms with E-state index >= 15 is 0 Å². The molecule has 5 heteroatoms. The number of pyridine rings is 1. The van der Waals surface area contributed by atoms with E-state index in [0.717, 1.165) is 51.5 Å². The van der Waals surface area contributed by atoms with Gasteiger partial charge in [0, 0.05) is 33.8 Å². The number of aryl methyl sites for hydroxylation is 1. The zero-order chi connectivity index (χ0) is 24.6. The summed E-state index contributed by atoms with van der Waals surface area (Å²) in [5.41, 5.74) is 3.87. The molecule has 1 aliphatic carbocycles. The molecule has 3 atom stereocenters. The Morgan fingerprint density at radius 1 is 1.06 bits per heavy atom. The van der Waals surface area contributed by atoms with E-state index < -0.39 is 5.60 Å². The first kappa shape index (κ1) is 24.0. The average molecular weight is 531 g/mol. The minimum Gasteiger partial charge on any atom is -0.481 e. The molecule has 0 saturated carbocycles. The van der Waals surface area contributed by atoms with Gasteiger partial charge in [0.25, 0.3) is 0 Å². The minimum absolute atomic E-state index is 0.0283. The first-order valence-electron chi connectivity index (χ1n) is 12.1. The van der Waals surface area contributed by atoms with Crippen LogP contribution in [0.5, 0.6) is 5.88 Å². The number of methoxy groups -OCH3 is 1. The topological polar surface area (TPSA) is 45.6 Å². The van der Waals surface area contributed by atoms with E-state index in [1.54, 1.807) is 7.11 Å². The summed E-state index contributed by atoms with van der Waals surface area (Å²) in [5, 5.41) is 14.0. The summed E-state index contributed by atoms with van der Waals surface area (Å²) in [6, 6.07) is 26.9. The van der Waals surface area contributed by atoms with Crippen LogP contribution >= 0.6 is 15.9 Å². The van der Waals surface area contributed by atoms with Crippen LogP contribution in [-0.2, 0) is 12.0 Å². The van der Waals surface area contributed by atoms with Crippen molar-refractivity contribution >= 4 is 26.8 Å². The summed E-state index contributed by atoms with van der Waals surface area (Å²) < 4.78 is 6.87. The Balaban J connectivity index is 1.83. The molecule has 180 valence electrons. The van der Waals surface area contributed by atoms with E-state index in [4.69, 9.17) is 9.72 Å². The van der Waals surface area contributed by atoms with Gasteiger partial charge >= 0.3 is 0 Å². The van der Waals surface area contributed by atoms with Gasteiger partial charge in [-0.05, 0) is 67.9 Å². The lowest BCUT2D eigenvalue weighted by Gasteiger charge is -2.48. The number of halogens is 1. The smallest absolute Gasteiger partial charge is 0.217 e. The molecule has 1 heterocycles. The second-order valence-electron chi connectivity index (χ2n) is 9.75. The molecule has 4 nitrogen and oxygen atoms in total. The van der Waals surface area contributed by atoms with Gasteiger partial charge in [0.1, 0.15) is 5.60 Å². The number of nitrogens with zero attached hydrogens (tertiary/aromatic N) is 2. The first-order chi connectivity index (χ1) is 16.9. The Morgan fingerprint density at radius 2 is 1.80 bits per heavy atom. The molecule has 0 fully saturated rings. The number of fused-ring (bicyclic) bond motifs is 2. The first-order valence-corrected chi connectivity index (χ1v) is 12.9. The number of rotatable bonds is 6. The predicted molar refractivity (Wildman–Crippen MR) is 145 cm³/mol. The second kappa shape index (κ2) is 9.73. The van der Waals surface area contributed by atoms with Gasteiger partial charge in [0.05, 0.1) is 12.6 Å². The molecule has 0 radical (unpaired) electrons. The summed E-state index contributed by atoms with van der Waals surface area (Å²) in [7, 11) is 5.82. The van der Waals surface area contributed by atoms with Crippen molar-refractivity contribution in [3.8, 4) is 5.88 Å². The highest BCUT2D eigenvalue weighted by molar-refractivity contribution is 9.10. The molecular formula is C30H31BrN2O2. The number of ether oxygens (including phenoxy) is 1. The Kier molecular flexibility index (Phi) is 6.67. The Bertz CT molecular complexity index is 1340. The quantitative estimate of drug-likeness (QED) is 0.324. The van der Waals surface area contributed by atoms with Crippen LogP contribution in [0.25, 0.3) is 10.9 Å². The van der Waals surface area contributed by atoms with Crippen LogP contribution in [0.1, 0.15) is 34.6 Å². The number of hydrogen-bond acceptors (Lipinski definition) is 4. The molecule has 5 rings (SSSR count). The van der Waals surface area contributed by atoms with E-state index in [-0.39, 0.29) is 11.8 Å². The highest BCUT2D eigenvalue weighted by atomic mass is 79.9. The predicted octanol–water partition coefficient (Wildman–Crippen LogP) is 6.15. The molecule has 0 amide bonds. The van der Waals surface area contributed by atoms with Crippen LogP contribution in [0.3, 0.4) is 0 Å². The highest BCUT2D eigenvalue weighted by Gasteiger charge is 2.50. The number of aliphatic hydroxyl groups is 1. The van der Waals surface area contributed by atoms with Crippen molar-refractivity contribution in [1.29, 1.82) is 0 Å². The molecule has 0 bridgehead atoms. The van der Waals surface area contributed by atoms with Crippen molar-refractivity contribution in [1.82, 2.24) is 9.88 Å². The maximum absolute atomic E-state index is 13.0. The zero-order valence-corrected chi connectivity index (χ0v) is 22.0. The van der Waals surface area contributed by atoms with E-state index in [9.17, 15) is 5.11 Å². The minimum atomic E-state index is -1.14. The summed E-state index contributed by atoms with van der Waals surface area (Å²) in [4.78, 5) is 7.06. The lowest BCUT2D eigenvalue weighted by molar-refractivity contribution is -0.0581. The molecule has 3 aromatic carbocycles. The van der Waals surface area contributed by atoms with Crippen LogP contribution in [0, 0.1) is 5.92 Å². The van der Waals surface area contributed by atoms with Crippen molar-refractivity contribution in [2.24, 2.45) is 5.92 Å². The SMILES string of the molecule is COc1nc2ccc(Br)cc2cc1[C@H](c1ccccc1)[C@@]1(O)c2ccccc2CC[C@@H]1CN(C)C. The Morgan fingerprint density at radius 3 is 2.54 bits per heavy atom. The highest BCUT2D eigenvalue weighted by Crippen LogP contribution is 2.53. The third-order valence-corrected chi connectivity index (χ3v) is 7.76. The average Bonchev–Trinajstić information content (AvgIpc) is 2.86. The standard InChI is InChI=1S/C30H31BrN2O2/c1-33(2)19-23-14-13-20-9-7-8-12-26(20)30(23,34)28(21-10-5-4-6-11-21)25-18-22-17-24(31)15-16-27(22)32-29(25)35-3/h4-12,15-18,23,28,34H,13-14,19H2,1-3H3/t23-,28+,30+/m1/s1. The van der Waals surface area contributed by atoms with Gasteiger partial charge in [-0.1, -0.05) is 70.5 Å². The maximum Gasteiger partial charge on any atom is 0.217 e. The normalized spacial score (nSPS) is 20.6. The Hall–Kier alpha value is -2.73. The number of aromatic nitrogens is 1. The van der Waals surface area contributed by atoms with Crippen LogP contribution in [-0.4, -0.2) is 42.7 Å². The van der Waals surface area contributed by atoms with Crippen LogP contribution in [0.4, 0.5) is 0 Å². The van der Waals surface area contributed by atoms with Gasteiger partial charge < -0.3 is 14.7 Å². The lowest BCUT2D eigenvalue weighted by Crippen LogP contribution is -2.48. The third kappa shape index (κ3) is 4.37. The molecule has 0 aliphatic heterocycles. The zero-order valence-electron chi connectivity index (χ0n) is 20.4. The molecule has 1 N–H and O–H groups in total. The lowest BCUT2D eigenvalue weighted by atomic mass is 9.62. The molecule has 1 aliphatic rings. The summed E-state index contributed by atoms with van der Waals surface area (Å²) >= 11 is 3.61. The maximum atomic E-state index is 13.0. The monoisotopic (exact) mass is 530 g/mol. The van der Waals surface area contributed by atoms with E-state index in [1.807, 2.05) is 36.4 Å². The Labute approximate surface area is 215 Å². The van der Waals surface area contributed by atoms with Crippen LogP contribution in [0.15, 0.2) is 83.3 Å². The molecule has 35 heavy (non-hydrogen) atoms. The molecule has 4 aromatic rings. The van der Waals surface area contributed by atoms with Crippen LogP contribution < -0.4 is 4.74 Å². The van der Waals surface area contributed by atoms with Gasteiger partial charge in [-0.2, -0.15) is 0 Å². The molecular weight excluding hydrogens is 500 g/mol. The van der Waals surface area contributed by atoms with Gasteiger partial charge in [-0.15, -0.1) is 0 Å². The molecule has 0 unspecified atom stereocenters. The largest absolute Gasteiger partial charge is 0.481 e. The van der Waals surface area contributed by atoms with Gasteiger partial charge in [0.2, 0.25) is 5.88 Å². The fourth-order valence-electron chi connectivity index (χ4n) is 5.79. The van der Waals surface area contributed by atoms with Crippen molar-refractivity contribution in [2.75, 3.05) is 27.7 Å². The number of hydrogen-bond donors (Lipinski definition) is 1. The fourth-order valence-corrected chi connectivity index (χ4v) is 6.17. The third-order valence-electron chi connectivity index (χ3n) is 7.27. The van der Waals surface area contributed by atoms with Gasteiger partial charge in [0.15, 0.2) is 0 Å². The molecule has 0 spiro atoms. The van der Waals surface area contributed by atoms with Gasteiger partial charge in [-0.3, -0.25) is 0 Å². The van der Waals surface area contributed by atoms with E-state index in [0.29, 0.717) is 5.88 Å². The second-order valence-corrected chi connectivity index (χ2v) is 10.7. The van der Waals surface area contributed by atoms with Crippen molar-refractivity contribution < 1.29 is 9.84 Å². The molecule has 1 aromatic heterocycles. The van der Waals surface area contributed by atoms with E-state index in [1.165, 1.54) is 5.56 Å². The van der Waals surface area contributed by atoms with Crippen LogP contribution in [0.2, 0.25) is 0 Å². The summed E-state index contributed by atoms with van der Waals surface area (Å²) in [5.74, 6) is 0.218. The molecule has 0 saturated heterocycles.